The molecule has 82 valence electrons. The van der Waals surface area contributed by atoms with Crippen molar-refractivity contribution in [2.75, 3.05) is 0 Å². The van der Waals surface area contributed by atoms with Crippen LogP contribution in [0, 0.1) is 0 Å². The average molecular weight is 201 g/mol. The van der Waals surface area contributed by atoms with Crippen molar-refractivity contribution in [3.8, 4) is 0 Å². The number of hydrogen-bond acceptors (Lipinski definition) is 3. The minimum atomic E-state index is -0.704. The van der Waals surface area contributed by atoms with Crippen molar-refractivity contribution in [1.29, 1.82) is 0 Å². The molecule has 14 heavy (non-hydrogen) atoms. The number of hydrogen-bond donors (Lipinski definition) is 2. The van der Waals surface area contributed by atoms with Crippen molar-refractivity contribution < 1.29 is 15.1 Å². The van der Waals surface area contributed by atoms with Crippen molar-refractivity contribution in [1.82, 2.24) is 0 Å². The summed E-state index contributed by atoms with van der Waals surface area (Å²) in [7, 11) is 0. The maximum Gasteiger partial charge on any atom is 0.303 e. The second-order valence-electron chi connectivity index (χ2n) is 3.35. The second-order valence-corrected chi connectivity index (χ2v) is 3.35. The molecular weight excluding hydrogens is 182 g/mol. The van der Waals surface area contributed by atoms with Gasteiger partial charge in [0.05, 0.1) is 0 Å². The molecule has 4 heteroatoms. The number of rotatable bonds is 9. The Balaban J connectivity index is 2.95. The van der Waals surface area contributed by atoms with Gasteiger partial charge in [0, 0.05) is 12.6 Å². The van der Waals surface area contributed by atoms with Crippen molar-refractivity contribution in [2.45, 2.75) is 51.4 Å². The summed E-state index contributed by atoms with van der Waals surface area (Å²) in [6.45, 7) is 0. The fraction of sp³-hybridized carbons (Fsp3) is 0.800. The molecule has 0 aliphatic carbocycles. The normalized spacial score (nSPS) is 10.9. The number of carboxylic acids is 1. The van der Waals surface area contributed by atoms with Gasteiger partial charge in [0.2, 0.25) is 0 Å². The van der Waals surface area contributed by atoms with Crippen molar-refractivity contribution in [3.05, 3.63) is 0 Å². The predicted molar refractivity (Wildman–Crippen MR) is 54.9 cm³/mol. The van der Waals surface area contributed by atoms with Crippen LogP contribution in [0.2, 0.25) is 0 Å². The number of unbranched alkanes of at least 4 members (excludes halogenated alkanes) is 6. The zero-order valence-corrected chi connectivity index (χ0v) is 8.48. The van der Waals surface area contributed by atoms with E-state index < -0.39 is 5.97 Å². The highest BCUT2D eigenvalue weighted by Crippen LogP contribution is 2.07. The minimum Gasteiger partial charge on any atom is -0.481 e. The molecule has 0 rings (SSSR count). The van der Waals surface area contributed by atoms with Crippen LogP contribution in [-0.2, 0) is 4.79 Å². The zero-order chi connectivity index (χ0) is 10.6. The van der Waals surface area contributed by atoms with E-state index in [9.17, 15) is 4.79 Å². The van der Waals surface area contributed by atoms with E-state index in [-0.39, 0.29) is 6.42 Å². The molecule has 2 N–H and O–H groups in total. The summed E-state index contributed by atoms with van der Waals surface area (Å²) >= 11 is 0. The van der Waals surface area contributed by atoms with Crippen molar-refractivity contribution in [2.24, 2.45) is 5.16 Å². The van der Waals surface area contributed by atoms with Crippen molar-refractivity contribution in [3.63, 3.8) is 0 Å². The Bertz CT molecular complexity index is 169. The van der Waals surface area contributed by atoms with Gasteiger partial charge in [0.1, 0.15) is 0 Å². The second kappa shape index (κ2) is 10.0. The third-order valence-corrected chi connectivity index (χ3v) is 2.06. The summed E-state index contributed by atoms with van der Waals surface area (Å²) in [5.41, 5.74) is 0. The topological polar surface area (TPSA) is 69.9 Å². The van der Waals surface area contributed by atoms with Crippen LogP contribution < -0.4 is 0 Å². The lowest BCUT2D eigenvalue weighted by atomic mass is 10.1. The van der Waals surface area contributed by atoms with E-state index >= 15 is 0 Å². The first kappa shape index (κ1) is 12.9. The molecule has 0 atom stereocenters. The van der Waals surface area contributed by atoms with Crippen molar-refractivity contribution >= 4 is 12.2 Å². The van der Waals surface area contributed by atoms with E-state index in [1.54, 1.807) is 0 Å². The number of carbonyl (C=O) groups is 1. The standard InChI is InChI=1S/C10H19NO3/c12-10(13)8-6-4-2-1-3-5-7-9-11-14/h9,14H,1-8H2,(H,12,13). The molecule has 4 nitrogen and oxygen atoms in total. The van der Waals surface area contributed by atoms with Gasteiger partial charge < -0.3 is 10.3 Å². The number of nitrogens with zero attached hydrogens (tertiary/aromatic N) is 1. The highest BCUT2D eigenvalue weighted by atomic mass is 16.4. The van der Waals surface area contributed by atoms with Crippen LogP contribution in [0.15, 0.2) is 5.16 Å². The lowest BCUT2D eigenvalue weighted by molar-refractivity contribution is -0.137. The third-order valence-electron chi connectivity index (χ3n) is 2.06. The Labute approximate surface area is 84.6 Å². The van der Waals surface area contributed by atoms with Crippen LogP contribution in [0.4, 0.5) is 0 Å². The molecule has 0 radical (unpaired) electrons. The Hall–Kier alpha value is -1.06. The quantitative estimate of drug-likeness (QED) is 0.261. The van der Waals surface area contributed by atoms with Crippen LogP contribution in [0.3, 0.4) is 0 Å². The molecule has 0 aliphatic rings. The van der Waals surface area contributed by atoms with E-state index in [2.05, 4.69) is 5.16 Å². The Morgan fingerprint density at radius 3 is 2.21 bits per heavy atom. The van der Waals surface area contributed by atoms with E-state index in [0.29, 0.717) is 0 Å². The van der Waals surface area contributed by atoms with Gasteiger partial charge in [-0.3, -0.25) is 4.79 Å². The Kier molecular flexibility index (Phi) is 9.26. The minimum absolute atomic E-state index is 0.289. The lowest BCUT2D eigenvalue weighted by Gasteiger charge is -1.98. The maximum atomic E-state index is 10.2. The molecule has 0 amide bonds. The molecule has 0 aromatic heterocycles. The highest BCUT2D eigenvalue weighted by molar-refractivity contribution is 5.66. The summed E-state index contributed by atoms with van der Waals surface area (Å²) in [4.78, 5) is 10.2. The smallest absolute Gasteiger partial charge is 0.303 e. The number of aliphatic carboxylic acids is 1. The maximum absolute atomic E-state index is 10.2. The molecule has 0 bridgehead atoms. The van der Waals surface area contributed by atoms with E-state index in [1.807, 2.05) is 0 Å². The van der Waals surface area contributed by atoms with Crippen LogP contribution in [0.5, 0.6) is 0 Å². The molecule has 0 unspecified atom stereocenters. The summed E-state index contributed by atoms with van der Waals surface area (Å²) in [5, 5.41) is 19.4. The zero-order valence-electron chi connectivity index (χ0n) is 8.48. The Morgan fingerprint density at radius 2 is 1.64 bits per heavy atom. The molecule has 0 aromatic carbocycles. The predicted octanol–water partition coefficient (Wildman–Crippen LogP) is 2.65. The number of carboxylic acid groups (broad SMARTS) is 1. The summed E-state index contributed by atoms with van der Waals surface area (Å²) < 4.78 is 0. The lowest BCUT2D eigenvalue weighted by Crippen LogP contribution is -1.93. The van der Waals surface area contributed by atoms with Gasteiger partial charge in [-0.15, -0.1) is 5.16 Å². The van der Waals surface area contributed by atoms with E-state index in [4.69, 9.17) is 10.3 Å². The van der Waals surface area contributed by atoms with E-state index in [0.717, 1.165) is 44.9 Å². The Morgan fingerprint density at radius 1 is 1.07 bits per heavy atom. The average Bonchev–Trinajstić information content (AvgIpc) is 2.15. The largest absolute Gasteiger partial charge is 0.481 e. The molecular formula is C10H19NO3. The molecule has 0 saturated carbocycles. The van der Waals surface area contributed by atoms with E-state index in [1.165, 1.54) is 6.21 Å². The molecule has 0 heterocycles. The van der Waals surface area contributed by atoms with Crippen LogP contribution >= 0.6 is 0 Å². The van der Waals surface area contributed by atoms with Gasteiger partial charge in [-0.05, 0) is 19.3 Å². The molecule has 0 fully saturated rings. The molecule has 0 aromatic rings. The third kappa shape index (κ3) is 10.9. The van der Waals surface area contributed by atoms with Crippen LogP contribution in [0.25, 0.3) is 0 Å². The molecule has 0 spiro atoms. The highest BCUT2D eigenvalue weighted by Gasteiger charge is 1.95. The van der Waals surface area contributed by atoms with Gasteiger partial charge in [0.25, 0.3) is 0 Å². The van der Waals surface area contributed by atoms with Crippen LogP contribution in [0.1, 0.15) is 51.4 Å². The number of oxime groups is 1. The van der Waals surface area contributed by atoms with Gasteiger partial charge in [-0.2, -0.15) is 0 Å². The fourth-order valence-electron chi connectivity index (χ4n) is 1.28. The van der Waals surface area contributed by atoms with Crippen LogP contribution in [-0.4, -0.2) is 22.5 Å². The first-order chi connectivity index (χ1) is 6.77. The fourth-order valence-corrected chi connectivity index (χ4v) is 1.28. The monoisotopic (exact) mass is 201 g/mol. The van der Waals surface area contributed by atoms with Gasteiger partial charge >= 0.3 is 5.97 Å². The summed E-state index contributed by atoms with van der Waals surface area (Å²) in [5.74, 6) is -0.704. The summed E-state index contributed by atoms with van der Waals surface area (Å²) in [6, 6.07) is 0. The van der Waals surface area contributed by atoms with Gasteiger partial charge in [-0.25, -0.2) is 0 Å². The summed E-state index contributed by atoms with van der Waals surface area (Å²) in [6.07, 6.45) is 8.81. The van der Waals surface area contributed by atoms with Gasteiger partial charge in [0.15, 0.2) is 0 Å². The molecule has 0 saturated heterocycles. The SMILES string of the molecule is O=C(O)CCCCCCCCC=NO. The molecule has 0 aliphatic heterocycles. The van der Waals surface area contributed by atoms with Gasteiger partial charge in [-0.1, -0.05) is 25.7 Å². The first-order valence-electron chi connectivity index (χ1n) is 5.15. The first-order valence-corrected chi connectivity index (χ1v) is 5.15.